The van der Waals surface area contributed by atoms with Gasteiger partial charge in [0, 0.05) is 17.4 Å². The zero-order valence-corrected chi connectivity index (χ0v) is 11.2. The minimum atomic E-state index is -4.39. The number of hydrogen-bond donors (Lipinski definition) is 3. The number of nitrogens with one attached hydrogen (secondary N) is 1. The van der Waals surface area contributed by atoms with Crippen LogP contribution in [0.1, 0.15) is 11.3 Å². The molecule has 0 spiro atoms. The maximum atomic E-state index is 11.7. The third-order valence-electron chi connectivity index (χ3n) is 2.78. The zero-order chi connectivity index (χ0) is 14.4. The number of nitrogen functional groups attached to an aromatic ring is 1. The van der Waals surface area contributed by atoms with Gasteiger partial charge in [-0.15, -0.1) is 0 Å². The minimum Gasteiger partial charge on any atom is -0.398 e. The molecule has 8 heteroatoms. The predicted octanol–water partition coefficient (Wildman–Crippen LogP) is 0.611. The van der Waals surface area contributed by atoms with E-state index in [0.717, 1.165) is 6.07 Å². The van der Waals surface area contributed by atoms with Crippen molar-refractivity contribution in [3.8, 4) is 5.69 Å². The van der Waals surface area contributed by atoms with Crippen LogP contribution in [0, 0.1) is 13.8 Å². The molecule has 2 aromatic rings. The SMILES string of the molecule is Cc1cc(=O)n(-c2cc(S(=O)(=O)O)cc(N)c2C)[nH]1. The largest absolute Gasteiger partial charge is 0.398 e. The summed E-state index contributed by atoms with van der Waals surface area (Å²) in [5.41, 5.74) is 6.98. The van der Waals surface area contributed by atoms with Gasteiger partial charge in [0.1, 0.15) is 0 Å². The number of aryl methyl sites for hydroxylation is 1. The highest BCUT2D eigenvalue weighted by Gasteiger charge is 2.16. The van der Waals surface area contributed by atoms with Gasteiger partial charge in [-0.05, 0) is 31.5 Å². The van der Waals surface area contributed by atoms with Crippen LogP contribution in [0.4, 0.5) is 5.69 Å². The van der Waals surface area contributed by atoms with Crippen molar-refractivity contribution in [2.24, 2.45) is 0 Å². The number of benzene rings is 1. The second-order valence-electron chi connectivity index (χ2n) is 4.24. The summed E-state index contributed by atoms with van der Waals surface area (Å²) < 4.78 is 32.6. The van der Waals surface area contributed by atoms with Crippen molar-refractivity contribution in [1.82, 2.24) is 9.78 Å². The molecule has 0 aliphatic heterocycles. The summed E-state index contributed by atoms with van der Waals surface area (Å²) in [6, 6.07) is 3.71. The lowest BCUT2D eigenvalue weighted by Crippen LogP contribution is -2.16. The van der Waals surface area contributed by atoms with E-state index in [-0.39, 0.29) is 21.8 Å². The van der Waals surface area contributed by atoms with Crippen LogP contribution in [0.3, 0.4) is 0 Å². The van der Waals surface area contributed by atoms with Crippen LogP contribution in [-0.2, 0) is 10.1 Å². The summed E-state index contributed by atoms with van der Waals surface area (Å²) >= 11 is 0. The van der Waals surface area contributed by atoms with Gasteiger partial charge in [-0.3, -0.25) is 14.4 Å². The summed E-state index contributed by atoms with van der Waals surface area (Å²) in [5.74, 6) is 0. The lowest BCUT2D eigenvalue weighted by molar-refractivity contribution is 0.483. The summed E-state index contributed by atoms with van der Waals surface area (Å²) in [6.07, 6.45) is 0. The third kappa shape index (κ3) is 2.40. The van der Waals surface area contributed by atoms with E-state index in [1.54, 1.807) is 13.8 Å². The summed E-state index contributed by atoms with van der Waals surface area (Å²) in [7, 11) is -4.39. The Morgan fingerprint density at radius 1 is 1.26 bits per heavy atom. The number of H-pyrrole nitrogens is 1. The topological polar surface area (TPSA) is 118 Å². The zero-order valence-electron chi connectivity index (χ0n) is 10.3. The average molecular weight is 283 g/mol. The number of aromatic amines is 1. The molecule has 102 valence electrons. The van der Waals surface area contributed by atoms with Crippen LogP contribution >= 0.6 is 0 Å². The normalized spacial score (nSPS) is 11.7. The highest BCUT2D eigenvalue weighted by atomic mass is 32.2. The van der Waals surface area contributed by atoms with Crippen molar-refractivity contribution in [2.75, 3.05) is 5.73 Å². The Balaban J connectivity index is 2.80. The first-order valence-electron chi connectivity index (χ1n) is 5.37. The highest BCUT2D eigenvalue weighted by Crippen LogP contribution is 2.24. The summed E-state index contributed by atoms with van der Waals surface area (Å²) in [5, 5.41) is 2.78. The van der Waals surface area contributed by atoms with E-state index < -0.39 is 10.1 Å². The van der Waals surface area contributed by atoms with Gasteiger partial charge in [0.05, 0.1) is 10.6 Å². The Hall–Kier alpha value is -2.06. The van der Waals surface area contributed by atoms with E-state index in [9.17, 15) is 13.2 Å². The number of nitrogens with zero attached hydrogens (tertiary/aromatic N) is 1. The molecule has 1 aromatic carbocycles. The van der Waals surface area contributed by atoms with E-state index in [0.29, 0.717) is 11.3 Å². The van der Waals surface area contributed by atoms with Gasteiger partial charge >= 0.3 is 0 Å². The monoisotopic (exact) mass is 283 g/mol. The van der Waals surface area contributed by atoms with Crippen molar-refractivity contribution < 1.29 is 13.0 Å². The molecule has 2 rings (SSSR count). The number of anilines is 1. The average Bonchev–Trinajstić information content (AvgIpc) is 2.60. The van der Waals surface area contributed by atoms with E-state index >= 15 is 0 Å². The summed E-state index contributed by atoms with van der Waals surface area (Å²) in [4.78, 5) is 11.4. The molecule has 0 aliphatic carbocycles. The smallest absolute Gasteiger partial charge is 0.294 e. The maximum absolute atomic E-state index is 11.7. The van der Waals surface area contributed by atoms with Crippen molar-refractivity contribution in [3.63, 3.8) is 0 Å². The van der Waals surface area contributed by atoms with Crippen molar-refractivity contribution >= 4 is 15.8 Å². The van der Waals surface area contributed by atoms with Gasteiger partial charge in [-0.2, -0.15) is 8.42 Å². The molecular formula is C11H13N3O4S. The molecule has 0 unspecified atom stereocenters. The van der Waals surface area contributed by atoms with Gasteiger partial charge in [-0.25, -0.2) is 4.68 Å². The van der Waals surface area contributed by atoms with Crippen LogP contribution in [0.2, 0.25) is 0 Å². The fourth-order valence-electron chi connectivity index (χ4n) is 1.77. The standard InChI is InChI=1S/C11H13N3O4S/c1-6-3-11(15)14(13-6)10-5-8(19(16,17)18)4-9(12)7(10)2/h3-5,13H,12H2,1-2H3,(H,16,17,18). The Bertz CT molecular complexity index is 802. The molecule has 0 saturated heterocycles. The Kier molecular flexibility index (Phi) is 2.99. The Morgan fingerprint density at radius 2 is 1.89 bits per heavy atom. The number of nitrogens with two attached hydrogens (primary N) is 1. The van der Waals surface area contributed by atoms with E-state index in [2.05, 4.69) is 5.10 Å². The fraction of sp³-hybridized carbons (Fsp3) is 0.182. The van der Waals surface area contributed by atoms with Gasteiger partial charge in [0.2, 0.25) is 0 Å². The molecule has 19 heavy (non-hydrogen) atoms. The maximum Gasteiger partial charge on any atom is 0.294 e. The van der Waals surface area contributed by atoms with Gasteiger partial charge in [0.15, 0.2) is 0 Å². The molecule has 0 saturated carbocycles. The minimum absolute atomic E-state index is 0.171. The summed E-state index contributed by atoms with van der Waals surface area (Å²) in [6.45, 7) is 3.35. The van der Waals surface area contributed by atoms with Crippen molar-refractivity contribution in [2.45, 2.75) is 18.7 Å². The van der Waals surface area contributed by atoms with Crippen LogP contribution in [-0.4, -0.2) is 22.8 Å². The van der Waals surface area contributed by atoms with Crippen LogP contribution in [0.15, 0.2) is 27.9 Å². The molecule has 4 N–H and O–H groups in total. The molecule has 1 aromatic heterocycles. The molecule has 1 heterocycles. The molecule has 7 nitrogen and oxygen atoms in total. The first-order valence-corrected chi connectivity index (χ1v) is 6.81. The van der Waals surface area contributed by atoms with Gasteiger partial charge < -0.3 is 5.73 Å². The molecule has 0 fully saturated rings. The lowest BCUT2D eigenvalue weighted by atomic mass is 10.1. The van der Waals surface area contributed by atoms with Crippen LogP contribution in [0.5, 0.6) is 0 Å². The third-order valence-corrected chi connectivity index (χ3v) is 3.61. The molecule has 0 radical (unpaired) electrons. The second kappa shape index (κ2) is 4.25. The van der Waals surface area contributed by atoms with Crippen LogP contribution < -0.4 is 11.3 Å². The van der Waals surface area contributed by atoms with E-state index in [4.69, 9.17) is 10.3 Å². The second-order valence-corrected chi connectivity index (χ2v) is 5.67. The molecule has 0 amide bonds. The predicted molar refractivity (Wildman–Crippen MR) is 70.1 cm³/mol. The van der Waals surface area contributed by atoms with E-state index in [1.807, 2.05) is 0 Å². The molecule has 0 atom stereocenters. The van der Waals surface area contributed by atoms with Crippen molar-refractivity contribution in [1.29, 1.82) is 0 Å². The number of aromatic nitrogens is 2. The van der Waals surface area contributed by atoms with Gasteiger partial charge in [-0.1, -0.05) is 0 Å². The number of hydrogen-bond acceptors (Lipinski definition) is 4. The van der Waals surface area contributed by atoms with E-state index in [1.165, 1.54) is 16.8 Å². The fourth-order valence-corrected chi connectivity index (χ4v) is 2.30. The van der Waals surface area contributed by atoms with Gasteiger partial charge in [0.25, 0.3) is 15.7 Å². The number of rotatable bonds is 2. The molecular weight excluding hydrogens is 270 g/mol. The molecule has 0 bridgehead atoms. The first-order chi connectivity index (χ1) is 8.70. The molecule has 0 aliphatic rings. The first kappa shape index (κ1) is 13.4. The van der Waals surface area contributed by atoms with Crippen LogP contribution in [0.25, 0.3) is 5.69 Å². The quantitative estimate of drug-likeness (QED) is 0.551. The lowest BCUT2D eigenvalue weighted by Gasteiger charge is -2.11. The highest BCUT2D eigenvalue weighted by molar-refractivity contribution is 7.85. The Morgan fingerprint density at radius 3 is 2.37 bits per heavy atom. The Labute approximate surface area is 109 Å². The van der Waals surface area contributed by atoms with Crippen molar-refractivity contribution in [3.05, 3.63) is 39.8 Å².